The largest absolute Gasteiger partial charge is 0.365 e. The number of aromatic nitrogens is 1. The van der Waals surface area contributed by atoms with Crippen LogP contribution in [0.5, 0.6) is 0 Å². The molecule has 0 atom stereocenters. The Morgan fingerprint density at radius 2 is 1.85 bits per heavy atom. The quantitative estimate of drug-likeness (QED) is 0.507. The maximum Gasteiger partial charge on any atom is 0.277 e. The number of hydrogen-bond acceptors (Lipinski definition) is 6. The van der Waals surface area contributed by atoms with Crippen LogP contribution in [-0.4, -0.2) is 18.3 Å². The number of primary sulfonamides is 1. The van der Waals surface area contributed by atoms with E-state index in [4.69, 9.17) is 16.7 Å². The lowest BCUT2D eigenvalue weighted by molar-refractivity contribution is -0.383. The van der Waals surface area contributed by atoms with E-state index >= 15 is 0 Å². The van der Waals surface area contributed by atoms with Crippen LogP contribution >= 0.6 is 11.6 Å². The Labute approximate surface area is 153 Å². The summed E-state index contributed by atoms with van der Waals surface area (Å²) in [6, 6.07) is 10.4. The molecule has 0 aliphatic rings. The second-order valence-corrected chi connectivity index (χ2v) is 7.42. The van der Waals surface area contributed by atoms with Crippen LogP contribution < -0.4 is 10.5 Å². The molecule has 8 nitrogen and oxygen atoms in total. The standard InChI is InChI=1S/C16H13ClN4O4S/c17-13-5-6-14(21(22)23)12-7-8-19-16(15(12)13)20-9-10-1-3-11(4-2-10)26(18,24)25/h1-8H,9H2,(H,19,20)(H2,18,24,25). The highest BCUT2D eigenvalue weighted by atomic mass is 35.5. The Balaban J connectivity index is 1.92. The van der Waals surface area contributed by atoms with Crippen LogP contribution in [0.3, 0.4) is 0 Å². The van der Waals surface area contributed by atoms with Gasteiger partial charge in [0.25, 0.3) is 5.69 Å². The van der Waals surface area contributed by atoms with Gasteiger partial charge in [0.05, 0.1) is 20.2 Å². The van der Waals surface area contributed by atoms with Gasteiger partial charge in [-0.15, -0.1) is 0 Å². The van der Waals surface area contributed by atoms with Crippen LogP contribution in [0, 0.1) is 10.1 Å². The van der Waals surface area contributed by atoms with Crippen molar-refractivity contribution >= 4 is 43.9 Å². The molecule has 0 aliphatic carbocycles. The Hall–Kier alpha value is -2.75. The van der Waals surface area contributed by atoms with E-state index in [1.54, 1.807) is 12.1 Å². The predicted octanol–water partition coefficient (Wildman–Crippen LogP) is 3.06. The summed E-state index contributed by atoms with van der Waals surface area (Å²) in [6.07, 6.45) is 1.46. The summed E-state index contributed by atoms with van der Waals surface area (Å²) in [4.78, 5) is 14.9. The summed E-state index contributed by atoms with van der Waals surface area (Å²) in [5, 5.41) is 20.5. The molecule has 0 unspecified atom stereocenters. The monoisotopic (exact) mass is 392 g/mol. The molecule has 3 aromatic rings. The van der Waals surface area contributed by atoms with Gasteiger partial charge in [0, 0.05) is 24.2 Å². The first-order valence-corrected chi connectivity index (χ1v) is 9.27. The highest BCUT2D eigenvalue weighted by Crippen LogP contribution is 2.35. The van der Waals surface area contributed by atoms with Crippen molar-refractivity contribution in [3.63, 3.8) is 0 Å². The lowest BCUT2D eigenvalue weighted by Gasteiger charge is -2.10. The topological polar surface area (TPSA) is 128 Å². The number of benzene rings is 2. The lowest BCUT2D eigenvalue weighted by atomic mass is 10.1. The van der Waals surface area contributed by atoms with Gasteiger partial charge in [-0.25, -0.2) is 18.5 Å². The van der Waals surface area contributed by atoms with E-state index in [1.165, 1.54) is 36.5 Å². The minimum Gasteiger partial charge on any atom is -0.365 e. The van der Waals surface area contributed by atoms with Gasteiger partial charge in [-0.2, -0.15) is 0 Å². The summed E-state index contributed by atoms with van der Waals surface area (Å²) in [5.41, 5.74) is 0.713. The zero-order valence-electron chi connectivity index (χ0n) is 13.2. The molecule has 3 rings (SSSR count). The first-order chi connectivity index (χ1) is 12.3. The predicted molar refractivity (Wildman–Crippen MR) is 98.5 cm³/mol. The molecule has 0 radical (unpaired) electrons. The van der Waals surface area contributed by atoms with Crippen molar-refractivity contribution in [2.24, 2.45) is 5.14 Å². The Morgan fingerprint density at radius 3 is 2.46 bits per heavy atom. The Morgan fingerprint density at radius 1 is 1.15 bits per heavy atom. The fourth-order valence-electron chi connectivity index (χ4n) is 2.52. The molecule has 0 spiro atoms. The number of pyridine rings is 1. The normalized spacial score (nSPS) is 11.5. The number of nitrogens with zero attached hydrogens (tertiary/aromatic N) is 2. The highest BCUT2D eigenvalue weighted by Gasteiger charge is 2.17. The number of halogens is 1. The lowest BCUT2D eigenvalue weighted by Crippen LogP contribution is -2.12. The molecule has 0 saturated heterocycles. The van der Waals surface area contributed by atoms with Crippen LogP contribution in [0.1, 0.15) is 5.56 Å². The second kappa shape index (κ2) is 6.87. The molecule has 134 valence electrons. The van der Waals surface area contributed by atoms with E-state index in [0.29, 0.717) is 28.2 Å². The van der Waals surface area contributed by atoms with Gasteiger partial charge in [-0.1, -0.05) is 23.7 Å². The van der Waals surface area contributed by atoms with Crippen molar-refractivity contribution in [3.8, 4) is 0 Å². The van der Waals surface area contributed by atoms with Crippen LogP contribution in [-0.2, 0) is 16.6 Å². The SMILES string of the molecule is NS(=O)(=O)c1ccc(CNc2nccc3c([N+](=O)[O-])ccc(Cl)c23)cc1. The van der Waals surface area contributed by atoms with E-state index in [9.17, 15) is 18.5 Å². The maximum atomic E-state index is 11.3. The smallest absolute Gasteiger partial charge is 0.277 e. The average Bonchev–Trinajstić information content (AvgIpc) is 2.59. The minimum absolute atomic E-state index is 0.0169. The van der Waals surface area contributed by atoms with E-state index in [1.807, 2.05) is 0 Å². The molecule has 1 heterocycles. The van der Waals surface area contributed by atoms with Crippen LogP contribution in [0.4, 0.5) is 11.5 Å². The molecule has 0 bridgehead atoms. The van der Waals surface area contributed by atoms with Crippen molar-refractivity contribution in [2.75, 3.05) is 5.32 Å². The molecule has 0 amide bonds. The summed E-state index contributed by atoms with van der Waals surface area (Å²) in [6.45, 7) is 0.316. The molecule has 0 saturated carbocycles. The molecule has 3 N–H and O–H groups in total. The van der Waals surface area contributed by atoms with Gasteiger partial charge in [-0.05, 0) is 29.8 Å². The van der Waals surface area contributed by atoms with Gasteiger partial charge in [0.2, 0.25) is 10.0 Å². The molecule has 1 aromatic heterocycles. The molecular weight excluding hydrogens is 380 g/mol. The Bertz CT molecular complexity index is 1100. The first kappa shape index (κ1) is 18.1. The van der Waals surface area contributed by atoms with Gasteiger partial charge in [0.1, 0.15) is 5.82 Å². The first-order valence-electron chi connectivity index (χ1n) is 7.34. The number of nitrogens with two attached hydrogens (primary N) is 1. The number of nitro benzene ring substituents is 1. The van der Waals surface area contributed by atoms with Crippen molar-refractivity contribution in [2.45, 2.75) is 11.4 Å². The van der Waals surface area contributed by atoms with Gasteiger partial charge < -0.3 is 5.32 Å². The number of rotatable bonds is 5. The van der Waals surface area contributed by atoms with Crippen molar-refractivity contribution in [1.29, 1.82) is 0 Å². The molecule has 0 fully saturated rings. The van der Waals surface area contributed by atoms with Crippen molar-refractivity contribution < 1.29 is 13.3 Å². The third-order valence-electron chi connectivity index (χ3n) is 3.76. The maximum absolute atomic E-state index is 11.3. The fourth-order valence-corrected chi connectivity index (χ4v) is 3.29. The fraction of sp³-hybridized carbons (Fsp3) is 0.0625. The van der Waals surface area contributed by atoms with E-state index in [2.05, 4.69) is 10.3 Å². The summed E-state index contributed by atoms with van der Waals surface area (Å²) >= 11 is 6.21. The highest BCUT2D eigenvalue weighted by molar-refractivity contribution is 7.89. The van der Waals surface area contributed by atoms with Crippen LogP contribution in [0.25, 0.3) is 10.8 Å². The summed E-state index contributed by atoms with van der Waals surface area (Å²) in [5.74, 6) is 0.395. The van der Waals surface area contributed by atoms with E-state index in [0.717, 1.165) is 5.56 Å². The number of nitrogens with one attached hydrogen (secondary N) is 1. The van der Waals surface area contributed by atoms with Crippen LogP contribution in [0.15, 0.2) is 53.6 Å². The molecule has 26 heavy (non-hydrogen) atoms. The molecule has 0 aliphatic heterocycles. The average molecular weight is 393 g/mol. The van der Waals surface area contributed by atoms with Crippen LogP contribution in [0.2, 0.25) is 5.02 Å². The third-order valence-corrected chi connectivity index (χ3v) is 5.01. The minimum atomic E-state index is -3.75. The van der Waals surface area contributed by atoms with E-state index < -0.39 is 14.9 Å². The van der Waals surface area contributed by atoms with Gasteiger partial charge in [0.15, 0.2) is 0 Å². The number of hydrogen-bond donors (Lipinski definition) is 2. The third kappa shape index (κ3) is 3.59. The molecular formula is C16H13ClN4O4S. The second-order valence-electron chi connectivity index (χ2n) is 5.45. The number of fused-ring (bicyclic) bond motifs is 1. The van der Waals surface area contributed by atoms with Crippen molar-refractivity contribution in [3.05, 3.63) is 69.4 Å². The number of sulfonamides is 1. The molecule has 10 heteroatoms. The van der Waals surface area contributed by atoms with Crippen molar-refractivity contribution in [1.82, 2.24) is 4.98 Å². The van der Waals surface area contributed by atoms with E-state index in [-0.39, 0.29) is 10.6 Å². The number of non-ortho nitro benzene ring substituents is 1. The van der Waals surface area contributed by atoms with Gasteiger partial charge >= 0.3 is 0 Å². The van der Waals surface area contributed by atoms with Gasteiger partial charge in [-0.3, -0.25) is 10.1 Å². The Kier molecular flexibility index (Phi) is 4.77. The molecule has 2 aromatic carbocycles. The summed E-state index contributed by atoms with van der Waals surface area (Å²) < 4.78 is 22.6. The number of nitro groups is 1. The summed E-state index contributed by atoms with van der Waals surface area (Å²) in [7, 11) is -3.75. The number of anilines is 1. The zero-order chi connectivity index (χ0) is 18.9. The zero-order valence-corrected chi connectivity index (χ0v) is 14.8.